The summed E-state index contributed by atoms with van der Waals surface area (Å²) in [5.41, 5.74) is 1.21. The van der Waals surface area contributed by atoms with Gasteiger partial charge in [0.1, 0.15) is 0 Å². The molecule has 0 aromatic heterocycles. The van der Waals surface area contributed by atoms with Gasteiger partial charge in [0.2, 0.25) is 0 Å². The predicted molar refractivity (Wildman–Crippen MR) is 83.4 cm³/mol. The quantitative estimate of drug-likeness (QED) is 0.697. The topological polar surface area (TPSA) is 35.5 Å². The Balaban J connectivity index is 2.05. The first-order chi connectivity index (χ1) is 9.68. The fourth-order valence-corrected chi connectivity index (χ4v) is 3.42. The average molecular weight is 292 g/mol. The summed E-state index contributed by atoms with van der Waals surface area (Å²) >= 11 is 0. The molecule has 4 heteroatoms. The highest BCUT2D eigenvalue weighted by molar-refractivity contribution is 7.53. The molecule has 0 N–H and O–H groups in total. The van der Waals surface area contributed by atoms with Crippen molar-refractivity contribution in [3.8, 4) is 0 Å². The van der Waals surface area contributed by atoms with Crippen LogP contribution in [0.15, 0.2) is 42.5 Å². The van der Waals surface area contributed by atoms with Gasteiger partial charge in [0.05, 0.1) is 13.2 Å². The molecule has 2 aromatic rings. The van der Waals surface area contributed by atoms with Crippen molar-refractivity contribution in [3.63, 3.8) is 0 Å². The molecule has 3 nitrogen and oxygen atoms in total. The number of hydrogen-bond acceptors (Lipinski definition) is 3. The molecule has 0 saturated carbocycles. The third kappa shape index (κ3) is 3.69. The third-order valence-electron chi connectivity index (χ3n) is 3.25. The maximum absolute atomic E-state index is 12.2. The molecule has 0 aliphatic carbocycles. The van der Waals surface area contributed by atoms with Crippen LogP contribution >= 0.6 is 7.60 Å². The first-order valence-electron chi connectivity index (χ1n) is 7.03. The average Bonchev–Trinajstić information content (AvgIpc) is 2.48. The Morgan fingerprint density at radius 2 is 1.75 bits per heavy atom. The lowest BCUT2D eigenvalue weighted by Crippen LogP contribution is -2.02. The van der Waals surface area contributed by atoms with Gasteiger partial charge in [-0.05, 0) is 29.7 Å². The van der Waals surface area contributed by atoms with Gasteiger partial charge in [0.25, 0.3) is 0 Å². The highest BCUT2D eigenvalue weighted by atomic mass is 31.2. The van der Waals surface area contributed by atoms with Crippen molar-refractivity contribution in [2.75, 3.05) is 19.4 Å². The van der Waals surface area contributed by atoms with Crippen LogP contribution in [0.2, 0.25) is 0 Å². The van der Waals surface area contributed by atoms with Gasteiger partial charge in [0.15, 0.2) is 0 Å². The Morgan fingerprint density at radius 1 is 1.00 bits per heavy atom. The summed E-state index contributed by atoms with van der Waals surface area (Å²) < 4.78 is 22.9. The van der Waals surface area contributed by atoms with E-state index in [-0.39, 0.29) is 0 Å². The van der Waals surface area contributed by atoms with Gasteiger partial charge in [-0.25, -0.2) is 0 Å². The molecule has 2 rings (SSSR count). The van der Waals surface area contributed by atoms with Crippen molar-refractivity contribution in [2.24, 2.45) is 0 Å². The first kappa shape index (κ1) is 15.2. The number of hydrogen-bond donors (Lipinski definition) is 0. The minimum absolute atomic E-state index is 0.413. The standard InChI is InChI=1S/C16H21O3P/c1-3-18-20(17,4-2)19-13-12-15-10-7-9-14-8-5-6-11-16(14)15/h5-11H,3-4,12-13H2,1-2H3. The lowest BCUT2D eigenvalue weighted by molar-refractivity contribution is 0.215. The van der Waals surface area contributed by atoms with Gasteiger partial charge in [-0.2, -0.15) is 0 Å². The minimum Gasteiger partial charge on any atom is -0.309 e. The molecule has 0 radical (unpaired) electrons. The first-order valence-corrected chi connectivity index (χ1v) is 8.76. The van der Waals surface area contributed by atoms with Crippen molar-refractivity contribution >= 4 is 18.4 Å². The van der Waals surface area contributed by atoms with E-state index in [1.54, 1.807) is 0 Å². The van der Waals surface area contributed by atoms with E-state index in [1.807, 2.05) is 32.0 Å². The van der Waals surface area contributed by atoms with E-state index in [0.29, 0.717) is 19.4 Å². The predicted octanol–water partition coefficient (Wildman–Crippen LogP) is 4.65. The van der Waals surface area contributed by atoms with Crippen molar-refractivity contribution in [2.45, 2.75) is 20.3 Å². The van der Waals surface area contributed by atoms with Crippen molar-refractivity contribution in [1.29, 1.82) is 0 Å². The van der Waals surface area contributed by atoms with Crippen LogP contribution in [0.3, 0.4) is 0 Å². The van der Waals surface area contributed by atoms with Gasteiger partial charge >= 0.3 is 7.60 Å². The Morgan fingerprint density at radius 3 is 2.50 bits per heavy atom. The van der Waals surface area contributed by atoms with Crippen LogP contribution in [0, 0.1) is 0 Å². The van der Waals surface area contributed by atoms with Gasteiger partial charge in [-0.3, -0.25) is 4.57 Å². The monoisotopic (exact) mass is 292 g/mol. The zero-order chi connectivity index (χ0) is 14.4. The van der Waals surface area contributed by atoms with Crippen molar-refractivity contribution in [1.82, 2.24) is 0 Å². The second-order valence-electron chi connectivity index (χ2n) is 4.57. The molecule has 0 aliphatic rings. The van der Waals surface area contributed by atoms with Crippen molar-refractivity contribution in [3.05, 3.63) is 48.0 Å². The summed E-state index contributed by atoms with van der Waals surface area (Å²) in [4.78, 5) is 0. The van der Waals surface area contributed by atoms with Crippen LogP contribution in [0.5, 0.6) is 0 Å². The number of rotatable bonds is 7. The van der Waals surface area contributed by atoms with E-state index in [0.717, 1.165) is 6.42 Å². The molecule has 1 unspecified atom stereocenters. The van der Waals surface area contributed by atoms with E-state index < -0.39 is 7.60 Å². The smallest absolute Gasteiger partial charge is 0.309 e. The molecule has 0 fully saturated rings. The third-order valence-corrected chi connectivity index (χ3v) is 5.25. The summed E-state index contributed by atoms with van der Waals surface area (Å²) in [7, 11) is -2.90. The molecule has 0 spiro atoms. The van der Waals surface area contributed by atoms with E-state index in [1.165, 1.54) is 16.3 Å². The maximum Gasteiger partial charge on any atom is 0.330 e. The molecule has 0 bridgehead atoms. The molecule has 0 heterocycles. The normalized spacial score (nSPS) is 14.3. The molecular weight excluding hydrogens is 271 g/mol. The molecule has 0 aliphatic heterocycles. The van der Waals surface area contributed by atoms with Crippen LogP contribution in [0.4, 0.5) is 0 Å². The highest BCUT2D eigenvalue weighted by Gasteiger charge is 2.20. The Labute approximate surface area is 120 Å². The van der Waals surface area contributed by atoms with Crippen LogP contribution in [0.25, 0.3) is 10.8 Å². The highest BCUT2D eigenvalue weighted by Crippen LogP contribution is 2.47. The van der Waals surface area contributed by atoms with Gasteiger partial charge < -0.3 is 9.05 Å². The molecular formula is C16H21O3P. The molecule has 108 valence electrons. The maximum atomic E-state index is 12.2. The lowest BCUT2D eigenvalue weighted by Gasteiger charge is -2.16. The van der Waals surface area contributed by atoms with Crippen molar-refractivity contribution < 1.29 is 13.6 Å². The summed E-state index contributed by atoms with van der Waals surface area (Å²) in [5.74, 6) is 0. The van der Waals surface area contributed by atoms with E-state index in [9.17, 15) is 4.57 Å². The largest absolute Gasteiger partial charge is 0.330 e. The second kappa shape index (κ2) is 7.03. The van der Waals surface area contributed by atoms with Gasteiger partial charge in [-0.1, -0.05) is 49.4 Å². The zero-order valence-corrected chi connectivity index (χ0v) is 12.9. The molecule has 1 atom stereocenters. The summed E-state index contributed by atoms with van der Waals surface area (Å²) in [6, 6.07) is 14.5. The van der Waals surface area contributed by atoms with Gasteiger partial charge in [0, 0.05) is 6.16 Å². The SMILES string of the molecule is CCOP(=O)(CC)OCCc1cccc2ccccc12. The lowest BCUT2D eigenvalue weighted by atomic mass is 10.0. The number of fused-ring (bicyclic) bond motifs is 1. The Hall–Kier alpha value is -1.15. The summed E-state index contributed by atoms with van der Waals surface area (Å²) in [6.07, 6.45) is 1.15. The van der Waals surface area contributed by atoms with E-state index >= 15 is 0 Å². The zero-order valence-electron chi connectivity index (χ0n) is 12.0. The fourth-order valence-electron chi connectivity index (χ4n) is 2.22. The Bertz CT molecular complexity index is 604. The van der Waals surface area contributed by atoms with Gasteiger partial charge in [-0.15, -0.1) is 0 Å². The van der Waals surface area contributed by atoms with Crippen LogP contribution in [0.1, 0.15) is 19.4 Å². The summed E-state index contributed by atoms with van der Waals surface area (Å²) in [6.45, 7) is 4.49. The number of benzene rings is 2. The molecule has 0 saturated heterocycles. The van der Waals surface area contributed by atoms with E-state index in [2.05, 4.69) is 24.3 Å². The fraction of sp³-hybridized carbons (Fsp3) is 0.375. The van der Waals surface area contributed by atoms with Crippen LogP contribution < -0.4 is 0 Å². The second-order valence-corrected chi connectivity index (χ2v) is 6.94. The van der Waals surface area contributed by atoms with E-state index in [4.69, 9.17) is 9.05 Å². The molecule has 0 amide bonds. The van der Waals surface area contributed by atoms with Crippen LogP contribution in [-0.4, -0.2) is 19.4 Å². The Kier molecular flexibility index (Phi) is 5.36. The molecule has 20 heavy (non-hydrogen) atoms. The van der Waals surface area contributed by atoms with Crippen LogP contribution in [-0.2, 0) is 20.0 Å². The summed E-state index contributed by atoms with van der Waals surface area (Å²) in [5, 5.41) is 2.44. The minimum atomic E-state index is -2.90. The molecule has 2 aromatic carbocycles.